The van der Waals surface area contributed by atoms with E-state index in [-0.39, 0.29) is 6.42 Å². The molecule has 19 heavy (non-hydrogen) atoms. The number of benzene rings is 1. The predicted molar refractivity (Wildman–Crippen MR) is 65.4 cm³/mol. The van der Waals surface area contributed by atoms with Crippen molar-refractivity contribution in [2.45, 2.75) is 12.3 Å². The van der Waals surface area contributed by atoms with Crippen LogP contribution < -0.4 is 0 Å². The second-order valence-electron chi connectivity index (χ2n) is 4.49. The van der Waals surface area contributed by atoms with E-state index in [1.807, 2.05) is 30.3 Å². The Balaban J connectivity index is 2.63. The van der Waals surface area contributed by atoms with Gasteiger partial charge in [-0.15, -0.1) is 0 Å². The van der Waals surface area contributed by atoms with Crippen LogP contribution >= 0.6 is 0 Å². The molecule has 0 spiro atoms. The first-order chi connectivity index (χ1) is 9.19. The van der Waals surface area contributed by atoms with Crippen molar-refractivity contribution in [3.8, 4) is 24.3 Å². The lowest BCUT2D eigenvalue weighted by atomic mass is 9.64. The van der Waals surface area contributed by atoms with Crippen LogP contribution in [-0.4, -0.2) is 0 Å². The van der Waals surface area contributed by atoms with Crippen molar-refractivity contribution in [3.63, 3.8) is 0 Å². The fourth-order valence-corrected chi connectivity index (χ4v) is 2.59. The van der Waals surface area contributed by atoms with Crippen LogP contribution in [0.4, 0.5) is 0 Å². The van der Waals surface area contributed by atoms with Crippen LogP contribution in [0.3, 0.4) is 0 Å². The van der Waals surface area contributed by atoms with Crippen molar-refractivity contribution < 1.29 is 0 Å². The molecule has 0 bridgehead atoms. The van der Waals surface area contributed by atoms with Gasteiger partial charge in [0.05, 0.1) is 24.3 Å². The van der Waals surface area contributed by atoms with Crippen molar-refractivity contribution in [3.05, 3.63) is 42.3 Å². The molecule has 89 valence electrons. The van der Waals surface area contributed by atoms with Crippen molar-refractivity contribution >= 4 is 0 Å². The van der Waals surface area contributed by atoms with Gasteiger partial charge in [0, 0.05) is 5.92 Å². The van der Waals surface area contributed by atoms with E-state index < -0.39 is 16.7 Å². The maximum atomic E-state index is 9.45. The molecule has 0 aromatic heterocycles. The summed E-state index contributed by atoms with van der Waals surface area (Å²) in [4.78, 5) is 0. The van der Waals surface area contributed by atoms with E-state index in [0.717, 1.165) is 5.56 Å². The number of hydrogen-bond acceptors (Lipinski definition) is 4. The van der Waals surface area contributed by atoms with Crippen LogP contribution in [0.25, 0.3) is 0 Å². The van der Waals surface area contributed by atoms with E-state index in [1.165, 1.54) is 0 Å². The van der Waals surface area contributed by atoms with E-state index in [0.29, 0.717) is 0 Å². The summed E-state index contributed by atoms with van der Waals surface area (Å²) in [5.41, 5.74) is -2.48. The Morgan fingerprint density at radius 1 is 0.895 bits per heavy atom. The fourth-order valence-electron chi connectivity index (χ4n) is 2.59. The molecule has 4 nitrogen and oxygen atoms in total. The summed E-state index contributed by atoms with van der Waals surface area (Å²) in [6, 6.07) is 16.7. The number of hydrogen-bond donors (Lipinski definition) is 0. The van der Waals surface area contributed by atoms with Gasteiger partial charge in [0.15, 0.2) is 10.8 Å². The molecule has 1 radical (unpaired) electrons. The van der Waals surface area contributed by atoms with Crippen molar-refractivity contribution in [1.29, 1.82) is 21.0 Å². The van der Waals surface area contributed by atoms with E-state index in [2.05, 4.69) is 0 Å². The van der Waals surface area contributed by atoms with Crippen LogP contribution in [0.1, 0.15) is 17.9 Å². The number of nitriles is 4. The first kappa shape index (κ1) is 12.6. The lowest BCUT2D eigenvalue weighted by Crippen LogP contribution is -2.36. The van der Waals surface area contributed by atoms with Gasteiger partial charge in [-0.25, -0.2) is 0 Å². The highest BCUT2D eigenvalue weighted by atomic mass is 14.6. The molecule has 1 atom stereocenters. The maximum Gasteiger partial charge on any atom is 0.182 e. The second-order valence-corrected chi connectivity index (χ2v) is 4.49. The first-order valence-electron chi connectivity index (χ1n) is 5.73. The summed E-state index contributed by atoms with van der Waals surface area (Å²) in [6.45, 7) is 0. The Bertz CT molecular complexity index is 621. The highest BCUT2D eigenvalue weighted by molar-refractivity contribution is 5.47. The average Bonchev–Trinajstić information content (AvgIpc) is 2.83. The quantitative estimate of drug-likeness (QED) is 0.759. The Kier molecular flexibility index (Phi) is 2.96. The number of rotatable bonds is 1. The molecule has 1 saturated carbocycles. The maximum absolute atomic E-state index is 9.45. The Morgan fingerprint density at radius 2 is 1.47 bits per heavy atom. The van der Waals surface area contributed by atoms with Gasteiger partial charge >= 0.3 is 0 Å². The van der Waals surface area contributed by atoms with Crippen LogP contribution in [0.5, 0.6) is 0 Å². The SMILES string of the molecule is N#CC1(C#N)C[CH]C(c2ccccc2)C1(C#N)C#N. The van der Waals surface area contributed by atoms with E-state index in [9.17, 15) is 21.0 Å². The van der Waals surface area contributed by atoms with E-state index >= 15 is 0 Å². The molecule has 2 rings (SSSR count). The highest BCUT2D eigenvalue weighted by Gasteiger charge is 2.64. The molecule has 0 saturated heterocycles. The topological polar surface area (TPSA) is 95.2 Å². The van der Waals surface area contributed by atoms with Gasteiger partial charge in [-0.2, -0.15) is 21.0 Å². The molecule has 1 aliphatic carbocycles. The molecule has 1 aliphatic rings. The molecular formula is C15H9N4. The monoisotopic (exact) mass is 245 g/mol. The van der Waals surface area contributed by atoms with Gasteiger partial charge in [0.1, 0.15) is 0 Å². The standard InChI is InChI=1S/C15H9N4/c16-8-14(9-17)7-6-13(15(14,10-18)11-19)12-4-2-1-3-5-12/h1-6,13H,7H2. The zero-order chi connectivity index (χ0) is 13.9. The minimum absolute atomic E-state index is 0.126. The third-order valence-electron chi connectivity index (χ3n) is 3.69. The van der Waals surface area contributed by atoms with Gasteiger partial charge in [-0.1, -0.05) is 30.3 Å². The zero-order valence-electron chi connectivity index (χ0n) is 10.0. The molecule has 4 heteroatoms. The predicted octanol–water partition coefficient (Wildman–Crippen LogP) is 2.45. The summed E-state index contributed by atoms with van der Waals surface area (Å²) in [5.74, 6) is -0.525. The normalized spacial score (nSPS) is 22.4. The smallest absolute Gasteiger partial charge is 0.182 e. The van der Waals surface area contributed by atoms with E-state index in [1.54, 1.807) is 30.7 Å². The molecule has 0 aliphatic heterocycles. The second kappa shape index (κ2) is 4.45. The van der Waals surface area contributed by atoms with Gasteiger partial charge < -0.3 is 0 Å². The van der Waals surface area contributed by atoms with Crippen molar-refractivity contribution in [2.75, 3.05) is 0 Å². The highest BCUT2D eigenvalue weighted by Crippen LogP contribution is 2.58. The summed E-state index contributed by atoms with van der Waals surface area (Å²) in [5, 5.41) is 37.5. The summed E-state index contributed by atoms with van der Waals surface area (Å²) < 4.78 is 0. The molecule has 0 heterocycles. The fraction of sp³-hybridized carbons (Fsp3) is 0.267. The lowest BCUT2D eigenvalue weighted by Gasteiger charge is -2.28. The average molecular weight is 245 g/mol. The lowest BCUT2D eigenvalue weighted by molar-refractivity contribution is 0.332. The summed E-state index contributed by atoms with van der Waals surface area (Å²) in [6.07, 6.45) is 1.86. The molecule has 1 fully saturated rings. The molecule has 0 N–H and O–H groups in total. The van der Waals surface area contributed by atoms with Crippen LogP contribution in [0, 0.1) is 62.6 Å². The molecular weight excluding hydrogens is 236 g/mol. The molecule has 1 unspecified atom stereocenters. The summed E-state index contributed by atoms with van der Waals surface area (Å²) >= 11 is 0. The molecule has 0 amide bonds. The van der Waals surface area contributed by atoms with Gasteiger partial charge in [0.2, 0.25) is 0 Å². The van der Waals surface area contributed by atoms with Gasteiger partial charge in [-0.05, 0) is 18.4 Å². The third-order valence-corrected chi connectivity index (χ3v) is 3.69. The summed E-state index contributed by atoms with van der Waals surface area (Å²) in [7, 11) is 0. The van der Waals surface area contributed by atoms with Crippen molar-refractivity contribution in [2.24, 2.45) is 10.8 Å². The Labute approximate surface area is 111 Å². The van der Waals surface area contributed by atoms with E-state index in [4.69, 9.17) is 0 Å². The van der Waals surface area contributed by atoms with Gasteiger partial charge in [-0.3, -0.25) is 0 Å². The Morgan fingerprint density at radius 3 is 1.95 bits per heavy atom. The third kappa shape index (κ3) is 1.48. The molecule has 1 aromatic carbocycles. The minimum atomic E-state index is -1.65. The minimum Gasteiger partial charge on any atom is -0.196 e. The zero-order valence-corrected chi connectivity index (χ0v) is 10.0. The van der Waals surface area contributed by atoms with Gasteiger partial charge in [0.25, 0.3) is 0 Å². The van der Waals surface area contributed by atoms with Crippen LogP contribution in [0.2, 0.25) is 0 Å². The molecule has 1 aromatic rings. The Hall–Kier alpha value is -2.82. The largest absolute Gasteiger partial charge is 0.196 e. The van der Waals surface area contributed by atoms with Crippen LogP contribution in [-0.2, 0) is 0 Å². The number of nitrogens with zero attached hydrogens (tertiary/aromatic N) is 4. The van der Waals surface area contributed by atoms with Crippen molar-refractivity contribution in [1.82, 2.24) is 0 Å². The first-order valence-corrected chi connectivity index (χ1v) is 5.73. The van der Waals surface area contributed by atoms with Crippen LogP contribution in [0.15, 0.2) is 30.3 Å².